The molecule has 2 aromatic rings. The quantitative estimate of drug-likeness (QED) is 0.594. The minimum absolute atomic E-state index is 0.0603. The van der Waals surface area contributed by atoms with Crippen LogP contribution in [0.25, 0.3) is 11.3 Å². The van der Waals surface area contributed by atoms with Gasteiger partial charge in [-0.2, -0.15) is 0 Å². The molecule has 0 fully saturated rings. The molecule has 1 aromatic heterocycles. The minimum atomic E-state index is -0.493. The van der Waals surface area contributed by atoms with Crippen LogP contribution in [0.15, 0.2) is 34.7 Å². The number of non-ortho nitro benzene ring substituents is 1. The molecule has 0 spiro atoms. The highest BCUT2D eigenvalue weighted by atomic mass is 35.5. The Morgan fingerprint density at radius 2 is 2.09 bits per heavy atom. The van der Waals surface area contributed by atoms with Gasteiger partial charge in [-0.05, 0) is 24.1 Å². The third-order valence-electron chi connectivity index (χ3n) is 3.51. The van der Waals surface area contributed by atoms with E-state index in [1.54, 1.807) is 12.1 Å². The van der Waals surface area contributed by atoms with Crippen LogP contribution in [-0.4, -0.2) is 22.7 Å². The maximum atomic E-state index is 10.7. The highest BCUT2D eigenvalue weighted by Crippen LogP contribution is 2.32. The number of nitrogens with one attached hydrogen (secondary N) is 1. The summed E-state index contributed by atoms with van der Waals surface area (Å²) in [5.41, 5.74) is 0.542. The second-order valence-electron chi connectivity index (χ2n) is 5.63. The molecule has 0 radical (unpaired) electrons. The highest BCUT2D eigenvalue weighted by molar-refractivity contribution is 6.33. The van der Waals surface area contributed by atoms with Crippen molar-refractivity contribution in [2.75, 3.05) is 6.54 Å². The highest BCUT2D eigenvalue weighted by Gasteiger charge is 2.14. The lowest BCUT2D eigenvalue weighted by Gasteiger charge is -2.14. The van der Waals surface area contributed by atoms with E-state index >= 15 is 0 Å². The van der Waals surface area contributed by atoms with Gasteiger partial charge in [0.05, 0.1) is 22.6 Å². The molecule has 1 atom stereocenters. The first-order valence-electron chi connectivity index (χ1n) is 7.30. The van der Waals surface area contributed by atoms with Gasteiger partial charge in [0, 0.05) is 24.2 Å². The summed E-state index contributed by atoms with van der Waals surface area (Å²) in [4.78, 5) is 10.2. The van der Waals surface area contributed by atoms with Gasteiger partial charge in [-0.1, -0.05) is 25.4 Å². The molecule has 1 heterocycles. The second kappa shape index (κ2) is 7.59. The zero-order chi connectivity index (χ0) is 17.0. The number of nitro benzene ring substituents is 1. The Kier molecular flexibility index (Phi) is 5.76. The van der Waals surface area contributed by atoms with Gasteiger partial charge in [0.25, 0.3) is 5.69 Å². The summed E-state index contributed by atoms with van der Waals surface area (Å²) in [7, 11) is 0. The average Bonchev–Trinajstić information content (AvgIpc) is 2.95. The van der Waals surface area contributed by atoms with Crippen LogP contribution in [0.3, 0.4) is 0 Å². The lowest BCUT2D eigenvalue weighted by atomic mass is 10.1. The molecule has 0 aliphatic heterocycles. The summed E-state index contributed by atoms with van der Waals surface area (Å²) in [5.74, 6) is 1.44. The van der Waals surface area contributed by atoms with Gasteiger partial charge in [-0.15, -0.1) is 0 Å². The topological polar surface area (TPSA) is 88.5 Å². The van der Waals surface area contributed by atoms with Crippen LogP contribution in [0.4, 0.5) is 5.69 Å². The van der Waals surface area contributed by atoms with Crippen molar-refractivity contribution < 1.29 is 14.4 Å². The standard InChI is InChI=1S/C16H19ClN2O4/c1-10(2)15(20)9-18-8-12-4-6-16(23-12)13-5-3-11(19(21)22)7-14(13)17/h3-7,10,15,18,20H,8-9H2,1-2H3. The number of hydrogen-bond donors (Lipinski definition) is 2. The van der Waals surface area contributed by atoms with Gasteiger partial charge < -0.3 is 14.8 Å². The summed E-state index contributed by atoms with van der Waals surface area (Å²) >= 11 is 6.08. The molecule has 0 aliphatic rings. The molecule has 124 valence electrons. The molecule has 1 aromatic carbocycles. The van der Waals surface area contributed by atoms with E-state index in [2.05, 4.69) is 5.32 Å². The number of furan rings is 1. The normalized spacial score (nSPS) is 12.6. The molecular formula is C16H19ClN2O4. The Morgan fingerprint density at radius 3 is 2.70 bits per heavy atom. The predicted octanol–water partition coefficient (Wildman–Crippen LogP) is 3.61. The minimum Gasteiger partial charge on any atom is -0.460 e. The van der Waals surface area contributed by atoms with E-state index in [0.29, 0.717) is 30.2 Å². The van der Waals surface area contributed by atoms with E-state index < -0.39 is 11.0 Å². The predicted molar refractivity (Wildman–Crippen MR) is 88.4 cm³/mol. The van der Waals surface area contributed by atoms with Crippen LogP contribution < -0.4 is 5.32 Å². The number of aliphatic hydroxyl groups excluding tert-OH is 1. The molecule has 0 bridgehead atoms. The van der Waals surface area contributed by atoms with Gasteiger partial charge in [0.1, 0.15) is 11.5 Å². The zero-order valence-corrected chi connectivity index (χ0v) is 13.7. The summed E-state index contributed by atoms with van der Waals surface area (Å²) in [6, 6.07) is 7.83. The van der Waals surface area contributed by atoms with Gasteiger partial charge in [0.15, 0.2) is 0 Å². The molecule has 6 nitrogen and oxygen atoms in total. The Morgan fingerprint density at radius 1 is 1.35 bits per heavy atom. The molecular weight excluding hydrogens is 320 g/mol. The lowest BCUT2D eigenvalue weighted by Crippen LogP contribution is -2.30. The smallest absolute Gasteiger partial charge is 0.270 e. The lowest BCUT2D eigenvalue weighted by molar-refractivity contribution is -0.384. The van der Waals surface area contributed by atoms with Crippen molar-refractivity contribution in [2.24, 2.45) is 5.92 Å². The van der Waals surface area contributed by atoms with E-state index in [4.69, 9.17) is 16.0 Å². The fourth-order valence-corrected chi connectivity index (χ4v) is 2.28. The van der Waals surface area contributed by atoms with Crippen LogP contribution >= 0.6 is 11.6 Å². The molecule has 2 N–H and O–H groups in total. The van der Waals surface area contributed by atoms with Crippen LogP contribution in [0.1, 0.15) is 19.6 Å². The fourth-order valence-electron chi connectivity index (χ4n) is 2.01. The van der Waals surface area contributed by atoms with Gasteiger partial charge in [-0.3, -0.25) is 10.1 Å². The fraction of sp³-hybridized carbons (Fsp3) is 0.375. The Labute approximate surface area is 139 Å². The first-order chi connectivity index (χ1) is 10.9. The summed E-state index contributed by atoms with van der Waals surface area (Å²) in [6.45, 7) is 4.86. The Balaban J connectivity index is 2.03. The average molecular weight is 339 g/mol. The monoisotopic (exact) mass is 338 g/mol. The third-order valence-corrected chi connectivity index (χ3v) is 3.83. The largest absolute Gasteiger partial charge is 0.460 e. The number of benzene rings is 1. The van der Waals surface area contributed by atoms with Crippen molar-refractivity contribution in [1.82, 2.24) is 5.32 Å². The summed E-state index contributed by atoms with van der Waals surface area (Å²) < 4.78 is 5.69. The molecule has 1 unspecified atom stereocenters. The number of halogens is 1. The van der Waals surface area contributed by atoms with Crippen LogP contribution in [0, 0.1) is 16.0 Å². The zero-order valence-electron chi connectivity index (χ0n) is 13.0. The number of rotatable bonds is 7. The Hall–Kier alpha value is -1.89. The molecule has 0 saturated heterocycles. The summed E-state index contributed by atoms with van der Waals surface area (Å²) in [6.07, 6.45) is -0.409. The first kappa shape index (κ1) is 17.5. The van der Waals surface area contributed by atoms with Crippen LogP contribution in [-0.2, 0) is 6.54 Å². The van der Waals surface area contributed by atoms with Crippen molar-refractivity contribution in [3.8, 4) is 11.3 Å². The first-order valence-corrected chi connectivity index (χ1v) is 7.68. The van der Waals surface area contributed by atoms with Crippen molar-refractivity contribution >= 4 is 17.3 Å². The van der Waals surface area contributed by atoms with Crippen molar-refractivity contribution in [1.29, 1.82) is 0 Å². The van der Waals surface area contributed by atoms with E-state index in [1.807, 2.05) is 19.9 Å². The third kappa shape index (κ3) is 4.54. The van der Waals surface area contributed by atoms with Gasteiger partial charge in [0.2, 0.25) is 0 Å². The summed E-state index contributed by atoms with van der Waals surface area (Å²) in [5, 5.41) is 23.8. The van der Waals surface area contributed by atoms with E-state index in [9.17, 15) is 15.2 Å². The second-order valence-corrected chi connectivity index (χ2v) is 6.04. The van der Waals surface area contributed by atoms with E-state index in [0.717, 1.165) is 0 Å². The maximum Gasteiger partial charge on any atom is 0.270 e. The van der Waals surface area contributed by atoms with Crippen LogP contribution in [0.5, 0.6) is 0 Å². The molecule has 0 aliphatic carbocycles. The molecule has 0 amide bonds. The van der Waals surface area contributed by atoms with E-state index in [1.165, 1.54) is 12.1 Å². The van der Waals surface area contributed by atoms with E-state index in [-0.39, 0.29) is 16.6 Å². The number of hydrogen-bond acceptors (Lipinski definition) is 5. The number of aliphatic hydroxyl groups is 1. The number of nitrogens with zero attached hydrogens (tertiary/aromatic N) is 1. The molecule has 0 saturated carbocycles. The van der Waals surface area contributed by atoms with Crippen molar-refractivity contribution in [3.63, 3.8) is 0 Å². The maximum absolute atomic E-state index is 10.7. The SMILES string of the molecule is CC(C)C(O)CNCc1ccc(-c2ccc([N+](=O)[O-])cc2Cl)o1. The molecule has 7 heteroatoms. The van der Waals surface area contributed by atoms with Gasteiger partial charge >= 0.3 is 0 Å². The van der Waals surface area contributed by atoms with Crippen molar-refractivity contribution in [3.05, 3.63) is 51.2 Å². The molecule has 2 rings (SSSR count). The Bertz CT molecular complexity index is 684. The van der Waals surface area contributed by atoms with Crippen molar-refractivity contribution in [2.45, 2.75) is 26.5 Å². The number of nitro groups is 1. The van der Waals surface area contributed by atoms with Gasteiger partial charge in [-0.25, -0.2) is 0 Å². The van der Waals surface area contributed by atoms with Crippen LogP contribution in [0.2, 0.25) is 5.02 Å². The molecule has 23 heavy (non-hydrogen) atoms.